The number of rotatable bonds is 8. The first kappa shape index (κ1) is 21.0. The molecule has 2 N–H and O–H groups in total. The van der Waals surface area contributed by atoms with E-state index in [4.69, 9.17) is 14.2 Å². The van der Waals surface area contributed by atoms with Crippen LogP contribution in [-0.2, 0) is 0 Å². The van der Waals surface area contributed by atoms with E-state index in [0.717, 1.165) is 16.6 Å². The average molecular weight is 433 g/mol. The summed E-state index contributed by atoms with van der Waals surface area (Å²) in [6.07, 6.45) is 5.13. The largest absolute Gasteiger partial charge is 0.493 e. The summed E-state index contributed by atoms with van der Waals surface area (Å²) in [7, 11) is 3.21. The van der Waals surface area contributed by atoms with Gasteiger partial charge in [-0.05, 0) is 47.5 Å². The topological polar surface area (TPSA) is 99.0 Å². The standard InChI is InChI=1S/C23H23N5O4/c1-30-20-6-5-16(13-21(20)31-2)17-7-10-28-18(12-17)14-22(27-28)26-23(29)25-9-11-32-19-4-3-8-24-15-19/h3-8,10,12-15H,9,11H2,1-2H3,(H2,25,26,27,29). The van der Waals surface area contributed by atoms with Crippen molar-refractivity contribution >= 4 is 17.4 Å². The zero-order valence-corrected chi connectivity index (χ0v) is 17.7. The van der Waals surface area contributed by atoms with Crippen LogP contribution in [0, 0.1) is 0 Å². The van der Waals surface area contributed by atoms with Crippen LogP contribution >= 0.6 is 0 Å². The van der Waals surface area contributed by atoms with Crippen LogP contribution in [0.25, 0.3) is 16.6 Å². The second-order valence-corrected chi connectivity index (χ2v) is 6.80. The molecule has 0 aliphatic heterocycles. The van der Waals surface area contributed by atoms with E-state index in [1.807, 2.05) is 36.5 Å². The number of amides is 2. The van der Waals surface area contributed by atoms with Gasteiger partial charge in [0.25, 0.3) is 0 Å². The van der Waals surface area contributed by atoms with Gasteiger partial charge in [-0.25, -0.2) is 9.31 Å². The van der Waals surface area contributed by atoms with Crippen LogP contribution < -0.4 is 24.8 Å². The van der Waals surface area contributed by atoms with Crippen molar-refractivity contribution in [2.24, 2.45) is 0 Å². The summed E-state index contributed by atoms with van der Waals surface area (Å²) in [4.78, 5) is 16.1. The van der Waals surface area contributed by atoms with Crippen molar-refractivity contribution in [3.05, 3.63) is 67.1 Å². The van der Waals surface area contributed by atoms with Crippen molar-refractivity contribution in [3.63, 3.8) is 0 Å². The second-order valence-electron chi connectivity index (χ2n) is 6.80. The number of carbonyl (C=O) groups excluding carboxylic acids is 1. The van der Waals surface area contributed by atoms with Crippen molar-refractivity contribution in [1.29, 1.82) is 0 Å². The minimum Gasteiger partial charge on any atom is -0.493 e. The van der Waals surface area contributed by atoms with E-state index >= 15 is 0 Å². The molecule has 0 atom stereocenters. The molecule has 0 fully saturated rings. The first-order valence-electron chi connectivity index (χ1n) is 9.96. The van der Waals surface area contributed by atoms with Gasteiger partial charge in [0.05, 0.1) is 32.5 Å². The van der Waals surface area contributed by atoms with E-state index in [1.165, 1.54) is 0 Å². The lowest BCUT2D eigenvalue weighted by Crippen LogP contribution is -2.32. The summed E-state index contributed by atoms with van der Waals surface area (Å²) in [6.45, 7) is 0.677. The molecule has 9 heteroatoms. The molecule has 0 saturated heterocycles. The predicted molar refractivity (Wildman–Crippen MR) is 120 cm³/mol. The van der Waals surface area contributed by atoms with Crippen molar-refractivity contribution in [2.45, 2.75) is 0 Å². The molecule has 4 rings (SSSR count). The third-order valence-electron chi connectivity index (χ3n) is 4.71. The Kier molecular flexibility index (Phi) is 6.35. The highest BCUT2D eigenvalue weighted by atomic mass is 16.5. The van der Waals surface area contributed by atoms with Crippen LogP contribution in [0.1, 0.15) is 0 Å². The summed E-state index contributed by atoms with van der Waals surface area (Å²) >= 11 is 0. The van der Waals surface area contributed by atoms with Gasteiger partial charge in [-0.1, -0.05) is 6.07 Å². The maximum Gasteiger partial charge on any atom is 0.320 e. The highest BCUT2D eigenvalue weighted by molar-refractivity contribution is 5.89. The van der Waals surface area contributed by atoms with E-state index in [1.54, 1.807) is 49.3 Å². The molecule has 9 nitrogen and oxygen atoms in total. The third kappa shape index (κ3) is 4.89. The highest BCUT2D eigenvalue weighted by Crippen LogP contribution is 2.32. The molecule has 0 radical (unpaired) electrons. The molecule has 3 heterocycles. The smallest absolute Gasteiger partial charge is 0.320 e. The number of nitrogens with zero attached hydrogens (tertiary/aromatic N) is 3. The van der Waals surface area contributed by atoms with Crippen LogP contribution in [0.5, 0.6) is 17.2 Å². The summed E-state index contributed by atoms with van der Waals surface area (Å²) in [5.41, 5.74) is 2.81. The lowest BCUT2D eigenvalue weighted by atomic mass is 10.1. The summed E-state index contributed by atoms with van der Waals surface area (Å²) < 4.78 is 17.9. The molecule has 164 valence electrons. The molecular formula is C23H23N5O4. The van der Waals surface area contributed by atoms with Crippen LogP contribution in [0.2, 0.25) is 0 Å². The number of fused-ring (bicyclic) bond motifs is 1. The summed E-state index contributed by atoms with van der Waals surface area (Å²) in [6, 6.07) is 14.7. The minimum absolute atomic E-state index is 0.332. The minimum atomic E-state index is -0.358. The van der Waals surface area contributed by atoms with Crippen molar-refractivity contribution in [3.8, 4) is 28.4 Å². The number of nitrogens with one attached hydrogen (secondary N) is 2. The quantitative estimate of drug-likeness (QED) is 0.412. The normalized spacial score (nSPS) is 10.6. The van der Waals surface area contributed by atoms with Gasteiger partial charge in [0.15, 0.2) is 17.3 Å². The zero-order chi connectivity index (χ0) is 22.3. The number of anilines is 1. The van der Waals surface area contributed by atoms with Crippen LogP contribution in [0.3, 0.4) is 0 Å². The number of hydrogen-bond acceptors (Lipinski definition) is 6. The predicted octanol–water partition coefficient (Wildman–Crippen LogP) is 3.61. The number of urea groups is 1. The molecule has 0 aliphatic rings. The SMILES string of the molecule is COc1ccc(-c2ccn3nc(NC(=O)NCCOc4cccnc4)cc3c2)cc1OC. The molecule has 0 unspecified atom stereocenters. The number of aromatic nitrogens is 3. The van der Waals surface area contributed by atoms with Crippen molar-refractivity contribution in [1.82, 2.24) is 19.9 Å². The number of ether oxygens (including phenoxy) is 3. The van der Waals surface area contributed by atoms with E-state index in [0.29, 0.717) is 36.2 Å². The lowest BCUT2D eigenvalue weighted by Gasteiger charge is -2.09. The Labute approximate surface area is 184 Å². The second kappa shape index (κ2) is 9.69. The van der Waals surface area contributed by atoms with Crippen LogP contribution in [0.15, 0.2) is 67.1 Å². The van der Waals surface area contributed by atoms with Gasteiger partial charge in [0.2, 0.25) is 0 Å². The summed E-state index contributed by atoms with van der Waals surface area (Å²) in [5, 5.41) is 9.86. The fourth-order valence-electron chi connectivity index (χ4n) is 3.18. The number of carbonyl (C=O) groups is 1. The highest BCUT2D eigenvalue weighted by Gasteiger charge is 2.09. The number of hydrogen-bond donors (Lipinski definition) is 2. The third-order valence-corrected chi connectivity index (χ3v) is 4.71. The Hall–Kier alpha value is -4.27. The molecule has 0 spiro atoms. The first-order valence-corrected chi connectivity index (χ1v) is 9.96. The van der Waals surface area contributed by atoms with Crippen molar-refractivity contribution < 1.29 is 19.0 Å². The van der Waals surface area contributed by atoms with Gasteiger partial charge in [-0.15, -0.1) is 5.10 Å². The maximum atomic E-state index is 12.2. The molecule has 0 saturated carbocycles. The Morgan fingerprint density at radius 2 is 1.88 bits per heavy atom. The Bertz CT molecular complexity index is 1210. The van der Waals surface area contributed by atoms with Crippen LogP contribution in [-0.4, -0.2) is 48.0 Å². The molecule has 3 aromatic heterocycles. The Morgan fingerprint density at radius 1 is 1.03 bits per heavy atom. The fraction of sp³-hybridized carbons (Fsp3) is 0.174. The molecule has 0 aliphatic carbocycles. The van der Waals surface area contributed by atoms with E-state index in [2.05, 4.69) is 20.7 Å². The zero-order valence-electron chi connectivity index (χ0n) is 17.7. The molecule has 4 aromatic rings. The maximum absolute atomic E-state index is 12.2. The van der Waals surface area contributed by atoms with E-state index < -0.39 is 0 Å². The van der Waals surface area contributed by atoms with E-state index in [9.17, 15) is 4.79 Å². The van der Waals surface area contributed by atoms with Gasteiger partial charge in [-0.2, -0.15) is 0 Å². The van der Waals surface area contributed by atoms with Gasteiger partial charge in [-0.3, -0.25) is 10.3 Å². The first-order chi connectivity index (χ1) is 15.7. The average Bonchev–Trinajstić information content (AvgIpc) is 3.23. The lowest BCUT2D eigenvalue weighted by molar-refractivity contribution is 0.247. The number of benzene rings is 1. The molecule has 32 heavy (non-hydrogen) atoms. The van der Waals surface area contributed by atoms with Gasteiger partial charge in [0, 0.05) is 18.5 Å². The molecular weight excluding hydrogens is 410 g/mol. The molecule has 0 bridgehead atoms. The van der Waals surface area contributed by atoms with Gasteiger partial charge < -0.3 is 19.5 Å². The number of methoxy groups -OCH3 is 2. The Balaban J connectivity index is 1.38. The van der Waals surface area contributed by atoms with Crippen LogP contribution in [0.4, 0.5) is 10.6 Å². The van der Waals surface area contributed by atoms with Gasteiger partial charge >= 0.3 is 6.03 Å². The van der Waals surface area contributed by atoms with E-state index in [-0.39, 0.29) is 6.03 Å². The molecule has 2 amide bonds. The number of pyridine rings is 2. The molecule has 1 aromatic carbocycles. The van der Waals surface area contributed by atoms with Crippen molar-refractivity contribution in [2.75, 3.05) is 32.7 Å². The monoisotopic (exact) mass is 433 g/mol. The summed E-state index contributed by atoms with van der Waals surface area (Å²) in [5.74, 6) is 2.43. The van der Waals surface area contributed by atoms with Gasteiger partial charge in [0.1, 0.15) is 12.4 Å². The fourth-order valence-corrected chi connectivity index (χ4v) is 3.18. The Morgan fingerprint density at radius 3 is 2.66 bits per heavy atom.